The van der Waals surface area contributed by atoms with Crippen molar-refractivity contribution in [3.63, 3.8) is 0 Å². The number of anilines is 2. The molecule has 0 unspecified atom stereocenters. The molecule has 0 saturated carbocycles. The second kappa shape index (κ2) is 7.66. The molecule has 0 atom stereocenters. The van der Waals surface area contributed by atoms with E-state index in [0.717, 1.165) is 24.2 Å². The van der Waals surface area contributed by atoms with Crippen LogP contribution in [0.25, 0.3) is 0 Å². The molecule has 1 aliphatic rings. The van der Waals surface area contributed by atoms with Crippen molar-refractivity contribution in [2.75, 3.05) is 31.9 Å². The molecule has 0 N–H and O–H groups in total. The van der Waals surface area contributed by atoms with E-state index in [4.69, 9.17) is 8.22 Å². The number of aryl methyl sites for hydroxylation is 2. The van der Waals surface area contributed by atoms with Gasteiger partial charge < -0.3 is 9.80 Å². The Morgan fingerprint density at radius 1 is 0.955 bits per heavy atom. The molecule has 3 heteroatoms. The second-order valence-corrected chi connectivity index (χ2v) is 5.41. The van der Waals surface area contributed by atoms with E-state index in [1.54, 1.807) is 0 Å². The summed E-state index contributed by atoms with van der Waals surface area (Å²) in [5.41, 5.74) is 4.71. The van der Waals surface area contributed by atoms with Crippen LogP contribution >= 0.6 is 12.4 Å². The number of halogens is 1. The Kier molecular flexibility index (Phi) is 3.59. The molecule has 0 aromatic heterocycles. The molecule has 22 heavy (non-hydrogen) atoms. The van der Waals surface area contributed by atoms with E-state index in [0.29, 0.717) is 17.9 Å². The van der Waals surface area contributed by atoms with Gasteiger partial charge in [-0.05, 0) is 63.0 Å². The van der Waals surface area contributed by atoms with Crippen LogP contribution in [0.1, 0.15) is 25.8 Å². The first kappa shape index (κ1) is 10.3. The van der Waals surface area contributed by atoms with Crippen LogP contribution < -0.4 is 4.90 Å². The molecule has 2 aromatic rings. The van der Waals surface area contributed by atoms with Gasteiger partial charge in [-0.3, -0.25) is 0 Å². The van der Waals surface area contributed by atoms with Crippen molar-refractivity contribution in [3.05, 3.63) is 59.7 Å². The molecular weight excluding hydrogens is 292 g/mol. The first-order valence-corrected chi connectivity index (χ1v) is 7.39. The zero-order valence-electron chi connectivity index (χ0n) is 18.5. The number of rotatable bonds is 4. The highest BCUT2D eigenvalue weighted by Gasteiger charge is 2.19. The van der Waals surface area contributed by atoms with Crippen molar-refractivity contribution >= 4 is 23.8 Å². The summed E-state index contributed by atoms with van der Waals surface area (Å²) >= 11 is 0. The van der Waals surface area contributed by atoms with Gasteiger partial charge in [0.2, 0.25) is 0 Å². The normalized spacial score (nSPS) is 18.3. The van der Waals surface area contributed by atoms with Gasteiger partial charge in [-0.25, -0.2) is 0 Å². The molecular formula is C19H25ClN2. The SMILES string of the molecule is Cl.[2H]C([2H])([2H])N(CCCN1c2ccccc2CCc2ccccc21)C([2H])([2H])[2H]. The molecule has 2 nitrogen and oxygen atoms in total. The molecule has 3 rings (SSSR count). The third-order valence-electron chi connectivity index (χ3n) is 3.99. The van der Waals surface area contributed by atoms with Gasteiger partial charge in [-0.1, -0.05) is 36.4 Å². The van der Waals surface area contributed by atoms with Crippen LogP contribution in [0.3, 0.4) is 0 Å². The molecule has 0 aliphatic carbocycles. The lowest BCUT2D eigenvalue weighted by atomic mass is 10.0. The quantitative estimate of drug-likeness (QED) is 0.828. The van der Waals surface area contributed by atoms with Crippen LogP contribution in [0.15, 0.2) is 48.5 Å². The van der Waals surface area contributed by atoms with Gasteiger partial charge in [0.05, 0.1) is 0 Å². The monoisotopic (exact) mass is 322 g/mol. The third kappa shape index (κ3) is 3.63. The molecule has 0 saturated heterocycles. The standard InChI is InChI=1S/C19H24N2.ClH/c1-20(2)14-7-15-21-18-10-5-3-8-16(18)12-13-17-9-4-6-11-19(17)21;/h3-6,8-11H,7,12-15H2,1-2H3;1H/i1D3,2D3;. The average molecular weight is 323 g/mol. The Balaban J connectivity index is 0.00000280. The Hall–Kier alpha value is -1.51. The summed E-state index contributed by atoms with van der Waals surface area (Å²) in [5, 5.41) is 0. The number of hydrogen-bond donors (Lipinski definition) is 0. The Morgan fingerprint density at radius 3 is 2.05 bits per heavy atom. The highest BCUT2D eigenvalue weighted by molar-refractivity contribution is 5.85. The van der Waals surface area contributed by atoms with Crippen molar-refractivity contribution in [1.82, 2.24) is 4.90 Å². The summed E-state index contributed by atoms with van der Waals surface area (Å²) < 4.78 is 45.1. The fraction of sp³-hybridized carbons (Fsp3) is 0.368. The smallest absolute Gasteiger partial charge is 0.0443 e. The number of para-hydroxylation sites is 2. The lowest BCUT2D eigenvalue weighted by Gasteiger charge is -2.27. The van der Waals surface area contributed by atoms with Crippen LogP contribution in [0, 0.1) is 0 Å². The van der Waals surface area contributed by atoms with Crippen LogP contribution in [0.4, 0.5) is 11.4 Å². The van der Waals surface area contributed by atoms with Gasteiger partial charge in [0.1, 0.15) is 0 Å². The lowest BCUT2D eigenvalue weighted by molar-refractivity contribution is 0.402. The van der Waals surface area contributed by atoms with Gasteiger partial charge in [0, 0.05) is 26.1 Å². The zero-order chi connectivity index (χ0) is 19.7. The molecule has 1 aliphatic heterocycles. The maximum absolute atomic E-state index is 7.52. The van der Waals surface area contributed by atoms with Crippen molar-refractivity contribution in [2.24, 2.45) is 0 Å². The predicted octanol–water partition coefficient (Wildman–Crippen LogP) is 4.30. The number of hydrogen-bond acceptors (Lipinski definition) is 2. The summed E-state index contributed by atoms with van der Waals surface area (Å²) in [4.78, 5) is 2.82. The van der Waals surface area contributed by atoms with E-state index < -0.39 is 14.0 Å². The number of benzene rings is 2. The molecule has 1 heterocycles. The van der Waals surface area contributed by atoms with E-state index in [2.05, 4.69) is 29.2 Å². The Morgan fingerprint density at radius 2 is 1.50 bits per heavy atom. The van der Waals surface area contributed by atoms with Gasteiger partial charge in [-0.15, -0.1) is 12.4 Å². The van der Waals surface area contributed by atoms with E-state index in [1.807, 2.05) is 24.3 Å². The first-order chi connectivity index (χ1) is 12.7. The van der Waals surface area contributed by atoms with Gasteiger partial charge in [0.15, 0.2) is 0 Å². The third-order valence-corrected chi connectivity index (χ3v) is 3.99. The molecule has 0 fully saturated rings. The van der Waals surface area contributed by atoms with E-state index in [1.165, 1.54) is 11.1 Å². The predicted molar refractivity (Wildman–Crippen MR) is 97.7 cm³/mol. The van der Waals surface area contributed by atoms with Crippen molar-refractivity contribution in [2.45, 2.75) is 19.3 Å². The summed E-state index contributed by atoms with van der Waals surface area (Å²) in [6.07, 6.45) is 2.32. The summed E-state index contributed by atoms with van der Waals surface area (Å²) in [7, 11) is 0. The summed E-state index contributed by atoms with van der Waals surface area (Å²) in [6.45, 7) is -4.75. The average Bonchev–Trinajstić information content (AvgIpc) is 2.74. The number of fused-ring (bicyclic) bond motifs is 2. The van der Waals surface area contributed by atoms with Crippen molar-refractivity contribution < 1.29 is 8.22 Å². The van der Waals surface area contributed by atoms with E-state index in [9.17, 15) is 0 Å². The number of nitrogens with zero attached hydrogens (tertiary/aromatic N) is 2. The maximum atomic E-state index is 7.52. The Labute approximate surface area is 148 Å². The fourth-order valence-electron chi connectivity index (χ4n) is 3.00. The molecule has 0 amide bonds. The zero-order valence-corrected chi connectivity index (χ0v) is 13.3. The Bertz CT molecular complexity index is 729. The molecule has 0 radical (unpaired) electrons. The van der Waals surface area contributed by atoms with Gasteiger partial charge >= 0.3 is 0 Å². The van der Waals surface area contributed by atoms with Crippen molar-refractivity contribution in [1.29, 1.82) is 0 Å². The van der Waals surface area contributed by atoms with Crippen LogP contribution in [0.5, 0.6) is 0 Å². The highest BCUT2D eigenvalue weighted by Crippen LogP contribution is 2.35. The summed E-state index contributed by atoms with van der Waals surface area (Å²) in [5.74, 6) is 0. The molecule has 0 spiro atoms. The molecule has 118 valence electrons. The summed E-state index contributed by atoms with van der Waals surface area (Å²) in [6, 6.07) is 16.4. The van der Waals surface area contributed by atoms with Crippen LogP contribution in [0.2, 0.25) is 0 Å². The van der Waals surface area contributed by atoms with Crippen molar-refractivity contribution in [3.8, 4) is 0 Å². The highest BCUT2D eigenvalue weighted by atomic mass is 35.5. The van der Waals surface area contributed by atoms with Crippen LogP contribution in [-0.2, 0) is 12.8 Å². The molecule has 0 bridgehead atoms. The topological polar surface area (TPSA) is 6.48 Å². The first-order valence-electron chi connectivity index (χ1n) is 10.4. The lowest BCUT2D eigenvalue weighted by Crippen LogP contribution is -2.23. The van der Waals surface area contributed by atoms with E-state index >= 15 is 0 Å². The minimum atomic E-state index is -2.64. The maximum Gasteiger partial charge on any atom is 0.0443 e. The van der Waals surface area contributed by atoms with Gasteiger partial charge in [-0.2, -0.15) is 0 Å². The minimum absolute atomic E-state index is 0. The minimum Gasteiger partial charge on any atom is -0.341 e. The van der Waals surface area contributed by atoms with Crippen LogP contribution in [-0.4, -0.2) is 31.9 Å². The largest absolute Gasteiger partial charge is 0.341 e. The van der Waals surface area contributed by atoms with Gasteiger partial charge in [0.25, 0.3) is 0 Å². The fourth-order valence-corrected chi connectivity index (χ4v) is 3.00. The second-order valence-electron chi connectivity index (χ2n) is 5.41. The van der Waals surface area contributed by atoms with E-state index in [-0.39, 0.29) is 19.0 Å². The molecule has 2 aromatic carbocycles.